The van der Waals surface area contributed by atoms with Crippen molar-refractivity contribution in [2.24, 2.45) is 0 Å². The molecule has 0 saturated carbocycles. The molecule has 0 saturated heterocycles. The maximum Gasteiger partial charge on any atom is 0.163 e. The normalized spacial score (nSPS) is 10.7. The van der Waals surface area contributed by atoms with Crippen LogP contribution in [0.15, 0.2) is 54.6 Å². The third-order valence-corrected chi connectivity index (χ3v) is 3.35. The predicted molar refractivity (Wildman–Crippen MR) is 80.9 cm³/mol. The number of para-hydroxylation sites is 1. The van der Waals surface area contributed by atoms with Crippen molar-refractivity contribution >= 4 is 0 Å². The molecular weight excluding hydrogens is 246 g/mol. The molecule has 0 radical (unpaired) electrons. The molecular formula is C17H17N3. The highest BCUT2D eigenvalue weighted by atomic mass is 15.3. The molecule has 0 bridgehead atoms. The third kappa shape index (κ3) is 2.23. The first-order valence-corrected chi connectivity index (χ1v) is 6.87. The average Bonchev–Trinajstić information content (AvgIpc) is 2.90. The summed E-state index contributed by atoms with van der Waals surface area (Å²) in [6.07, 6.45) is 0.976. The van der Waals surface area contributed by atoms with E-state index in [0.29, 0.717) is 0 Å². The molecule has 100 valence electrons. The largest absolute Gasteiger partial charge is 0.213 e. The Morgan fingerprint density at radius 3 is 2.40 bits per heavy atom. The van der Waals surface area contributed by atoms with Crippen LogP contribution in [0, 0.1) is 6.92 Å². The van der Waals surface area contributed by atoms with E-state index in [1.807, 2.05) is 35.9 Å². The fraction of sp³-hybridized carbons (Fsp3) is 0.176. The van der Waals surface area contributed by atoms with Gasteiger partial charge in [0.15, 0.2) is 5.82 Å². The average molecular weight is 263 g/mol. The SMILES string of the molecule is CCc1ccccc1-n1nc(C)nc1-c1ccccc1. The zero-order valence-corrected chi connectivity index (χ0v) is 11.7. The van der Waals surface area contributed by atoms with Crippen molar-refractivity contribution in [2.45, 2.75) is 20.3 Å². The second-order valence-electron chi connectivity index (χ2n) is 4.74. The Balaban J connectivity index is 2.20. The van der Waals surface area contributed by atoms with Gasteiger partial charge < -0.3 is 0 Å². The molecule has 1 aromatic heterocycles. The highest BCUT2D eigenvalue weighted by Crippen LogP contribution is 2.23. The summed E-state index contributed by atoms with van der Waals surface area (Å²) < 4.78 is 1.95. The van der Waals surface area contributed by atoms with Crippen molar-refractivity contribution < 1.29 is 0 Å². The van der Waals surface area contributed by atoms with E-state index < -0.39 is 0 Å². The summed E-state index contributed by atoms with van der Waals surface area (Å²) in [4.78, 5) is 4.58. The summed E-state index contributed by atoms with van der Waals surface area (Å²) in [5.41, 5.74) is 3.46. The maximum absolute atomic E-state index is 4.58. The van der Waals surface area contributed by atoms with E-state index in [-0.39, 0.29) is 0 Å². The van der Waals surface area contributed by atoms with Crippen molar-refractivity contribution in [3.05, 3.63) is 66.0 Å². The van der Waals surface area contributed by atoms with Crippen LogP contribution in [0.5, 0.6) is 0 Å². The van der Waals surface area contributed by atoms with Crippen LogP contribution in [-0.4, -0.2) is 14.8 Å². The number of hydrogen-bond acceptors (Lipinski definition) is 2. The first-order valence-electron chi connectivity index (χ1n) is 6.87. The van der Waals surface area contributed by atoms with E-state index in [9.17, 15) is 0 Å². The van der Waals surface area contributed by atoms with E-state index >= 15 is 0 Å². The van der Waals surface area contributed by atoms with Crippen molar-refractivity contribution in [3.63, 3.8) is 0 Å². The minimum absolute atomic E-state index is 0.787. The lowest BCUT2D eigenvalue weighted by Crippen LogP contribution is -2.03. The van der Waals surface area contributed by atoms with Gasteiger partial charge in [-0.2, -0.15) is 5.10 Å². The lowest BCUT2D eigenvalue weighted by Gasteiger charge is -2.10. The molecule has 0 aliphatic carbocycles. The Morgan fingerprint density at radius 2 is 1.65 bits per heavy atom. The molecule has 1 heterocycles. The topological polar surface area (TPSA) is 30.7 Å². The van der Waals surface area contributed by atoms with Gasteiger partial charge in [-0.15, -0.1) is 0 Å². The monoisotopic (exact) mass is 263 g/mol. The van der Waals surface area contributed by atoms with Crippen LogP contribution in [0.1, 0.15) is 18.3 Å². The summed E-state index contributed by atoms with van der Waals surface area (Å²) in [5.74, 6) is 1.68. The molecule has 2 aromatic carbocycles. The number of benzene rings is 2. The van der Waals surface area contributed by atoms with E-state index in [1.54, 1.807) is 0 Å². The quantitative estimate of drug-likeness (QED) is 0.719. The van der Waals surface area contributed by atoms with Gasteiger partial charge in [-0.3, -0.25) is 0 Å². The zero-order chi connectivity index (χ0) is 13.9. The fourth-order valence-corrected chi connectivity index (χ4v) is 2.37. The lowest BCUT2D eigenvalue weighted by atomic mass is 10.1. The minimum Gasteiger partial charge on any atom is -0.213 e. The van der Waals surface area contributed by atoms with Crippen LogP contribution in [0.25, 0.3) is 17.1 Å². The first-order chi connectivity index (χ1) is 9.79. The van der Waals surface area contributed by atoms with Crippen molar-refractivity contribution in [3.8, 4) is 17.1 Å². The zero-order valence-electron chi connectivity index (χ0n) is 11.7. The lowest BCUT2D eigenvalue weighted by molar-refractivity contribution is 0.853. The van der Waals surface area contributed by atoms with Crippen LogP contribution in [-0.2, 0) is 6.42 Å². The van der Waals surface area contributed by atoms with Gasteiger partial charge in [-0.05, 0) is 25.0 Å². The van der Waals surface area contributed by atoms with Crippen LogP contribution < -0.4 is 0 Å². The maximum atomic E-state index is 4.58. The smallest absolute Gasteiger partial charge is 0.163 e. The predicted octanol–water partition coefficient (Wildman–Crippen LogP) is 3.81. The number of rotatable bonds is 3. The Bertz CT molecular complexity index is 714. The van der Waals surface area contributed by atoms with Gasteiger partial charge in [0, 0.05) is 5.56 Å². The number of nitrogens with zero attached hydrogens (tertiary/aromatic N) is 3. The molecule has 0 fully saturated rings. The summed E-state index contributed by atoms with van der Waals surface area (Å²) in [6, 6.07) is 18.5. The van der Waals surface area contributed by atoms with Crippen molar-refractivity contribution in [1.82, 2.24) is 14.8 Å². The van der Waals surface area contributed by atoms with E-state index in [0.717, 1.165) is 29.3 Å². The number of aromatic nitrogens is 3. The Morgan fingerprint density at radius 1 is 0.950 bits per heavy atom. The van der Waals surface area contributed by atoms with Crippen LogP contribution in [0.3, 0.4) is 0 Å². The minimum atomic E-state index is 0.787. The highest BCUT2D eigenvalue weighted by molar-refractivity contribution is 5.58. The molecule has 0 aliphatic rings. The standard InChI is InChI=1S/C17H17N3/c1-3-14-9-7-8-12-16(14)20-17(18-13(2)19-20)15-10-5-4-6-11-15/h4-12H,3H2,1-2H3. The second-order valence-corrected chi connectivity index (χ2v) is 4.74. The fourth-order valence-electron chi connectivity index (χ4n) is 2.37. The van der Waals surface area contributed by atoms with Gasteiger partial charge in [-0.1, -0.05) is 55.5 Å². The molecule has 3 heteroatoms. The van der Waals surface area contributed by atoms with Gasteiger partial charge in [0.25, 0.3) is 0 Å². The van der Waals surface area contributed by atoms with E-state index in [2.05, 4.69) is 47.3 Å². The summed E-state index contributed by atoms with van der Waals surface area (Å²) >= 11 is 0. The van der Waals surface area contributed by atoms with Gasteiger partial charge in [0.1, 0.15) is 5.82 Å². The summed E-state index contributed by atoms with van der Waals surface area (Å²) in [7, 11) is 0. The molecule has 3 rings (SSSR count). The third-order valence-electron chi connectivity index (χ3n) is 3.35. The van der Waals surface area contributed by atoms with Crippen LogP contribution in [0.2, 0.25) is 0 Å². The highest BCUT2D eigenvalue weighted by Gasteiger charge is 2.13. The summed E-state index contributed by atoms with van der Waals surface area (Å²) in [6.45, 7) is 4.09. The Hall–Kier alpha value is -2.42. The van der Waals surface area contributed by atoms with Gasteiger partial charge in [-0.25, -0.2) is 9.67 Å². The molecule has 0 aliphatic heterocycles. The second kappa shape index (κ2) is 5.29. The number of hydrogen-bond donors (Lipinski definition) is 0. The molecule has 20 heavy (non-hydrogen) atoms. The first kappa shape index (κ1) is 12.6. The molecule has 0 atom stereocenters. The molecule has 0 spiro atoms. The van der Waals surface area contributed by atoms with Gasteiger partial charge in [0.2, 0.25) is 0 Å². The molecule has 3 nitrogen and oxygen atoms in total. The molecule has 0 N–H and O–H groups in total. The van der Waals surface area contributed by atoms with Crippen LogP contribution in [0.4, 0.5) is 0 Å². The molecule has 0 amide bonds. The van der Waals surface area contributed by atoms with Crippen LogP contribution >= 0.6 is 0 Å². The van der Waals surface area contributed by atoms with Gasteiger partial charge >= 0.3 is 0 Å². The van der Waals surface area contributed by atoms with E-state index in [4.69, 9.17) is 0 Å². The summed E-state index contributed by atoms with van der Waals surface area (Å²) in [5, 5.41) is 4.57. The van der Waals surface area contributed by atoms with Gasteiger partial charge in [0.05, 0.1) is 5.69 Å². The molecule has 3 aromatic rings. The molecule has 0 unspecified atom stereocenters. The van der Waals surface area contributed by atoms with Crippen molar-refractivity contribution in [1.29, 1.82) is 0 Å². The Labute approximate surface area is 118 Å². The van der Waals surface area contributed by atoms with Crippen molar-refractivity contribution in [2.75, 3.05) is 0 Å². The van der Waals surface area contributed by atoms with E-state index in [1.165, 1.54) is 5.56 Å². The number of aryl methyl sites for hydroxylation is 2. The Kier molecular flexibility index (Phi) is 3.33.